The lowest BCUT2D eigenvalue weighted by Crippen LogP contribution is -2.17. The largest absolute Gasteiger partial charge is 0.573 e. The summed E-state index contributed by atoms with van der Waals surface area (Å²) in [6.45, 7) is 0. The van der Waals surface area contributed by atoms with Gasteiger partial charge in [-0.15, -0.1) is 13.2 Å². The van der Waals surface area contributed by atoms with Crippen LogP contribution in [0.25, 0.3) is 11.1 Å². The van der Waals surface area contributed by atoms with Gasteiger partial charge in [0.15, 0.2) is 12.0 Å². The number of aromatic nitrogens is 1. The van der Waals surface area contributed by atoms with Crippen LogP contribution >= 0.6 is 0 Å². The van der Waals surface area contributed by atoms with Gasteiger partial charge >= 0.3 is 12.5 Å². The van der Waals surface area contributed by atoms with Crippen molar-refractivity contribution in [1.82, 2.24) is 4.98 Å². The van der Waals surface area contributed by atoms with Crippen LogP contribution in [0.4, 0.5) is 26.3 Å². The minimum absolute atomic E-state index is 0.109. The number of rotatable bonds is 3. The van der Waals surface area contributed by atoms with E-state index in [1.54, 1.807) is 0 Å². The molecule has 0 aliphatic carbocycles. The van der Waals surface area contributed by atoms with Crippen molar-refractivity contribution in [1.29, 1.82) is 0 Å². The van der Waals surface area contributed by atoms with Crippen molar-refractivity contribution in [3.63, 3.8) is 0 Å². The van der Waals surface area contributed by atoms with Crippen LogP contribution in [0.5, 0.6) is 5.75 Å². The summed E-state index contributed by atoms with van der Waals surface area (Å²) in [6, 6.07) is 4.76. The molecule has 0 spiro atoms. The summed E-state index contributed by atoms with van der Waals surface area (Å²) in [7, 11) is 0. The SMILES string of the molecule is O=Cc1ccnc(C(F)(F)F)c1-c1ccc(OC(F)(F)F)cc1. The van der Waals surface area contributed by atoms with Crippen molar-refractivity contribution in [2.45, 2.75) is 12.5 Å². The zero-order valence-corrected chi connectivity index (χ0v) is 11.1. The Morgan fingerprint density at radius 1 is 0.957 bits per heavy atom. The molecule has 0 saturated heterocycles. The van der Waals surface area contributed by atoms with E-state index in [2.05, 4.69) is 9.72 Å². The predicted molar refractivity (Wildman–Crippen MR) is 66.7 cm³/mol. The lowest BCUT2D eigenvalue weighted by atomic mass is 9.98. The summed E-state index contributed by atoms with van der Waals surface area (Å²) in [5, 5.41) is 0. The lowest BCUT2D eigenvalue weighted by Gasteiger charge is -2.14. The molecule has 0 amide bonds. The molecular formula is C14H7F6NO2. The molecule has 1 aromatic carbocycles. The number of aldehydes is 1. The Kier molecular flexibility index (Phi) is 4.31. The quantitative estimate of drug-likeness (QED) is 0.613. The molecule has 1 aromatic heterocycles. The van der Waals surface area contributed by atoms with E-state index in [0.29, 0.717) is 0 Å². The summed E-state index contributed by atoms with van der Waals surface area (Å²) in [4.78, 5) is 14.2. The fourth-order valence-electron chi connectivity index (χ4n) is 1.92. The molecule has 2 rings (SSSR count). The van der Waals surface area contributed by atoms with Crippen LogP contribution in [0, 0.1) is 0 Å². The number of hydrogen-bond acceptors (Lipinski definition) is 3. The number of hydrogen-bond donors (Lipinski definition) is 0. The monoisotopic (exact) mass is 335 g/mol. The predicted octanol–water partition coefficient (Wildman–Crippen LogP) is 4.48. The molecule has 0 fully saturated rings. The van der Waals surface area contributed by atoms with Gasteiger partial charge in [-0.25, -0.2) is 0 Å². The number of alkyl halides is 6. The van der Waals surface area contributed by atoms with Crippen molar-refractivity contribution in [3.8, 4) is 16.9 Å². The number of halogens is 6. The van der Waals surface area contributed by atoms with Crippen molar-refractivity contribution in [3.05, 3.63) is 47.8 Å². The topological polar surface area (TPSA) is 39.2 Å². The number of pyridine rings is 1. The van der Waals surface area contributed by atoms with E-state index in [1.807, 2.05) is 0 Å². The Balaban J connectivity index is 2.51. The van der Waals surface area contributed by atoms with Crippen molar-refractivity contribution in [2.75, 3.05) is 0 Å². The summed E-state index contributed by atoms with van der Waals surface area (Å²) >= 11 is 0. The smallest absolute Gasteiger partial charge is 0.406 e. The summed E-state index contributed by atoms with van der Waals surface area (Å²) in [5.41, 5.74) is -2.20. The Bertz CT molecular complexity index is 707. The van der Waals surface area contributed by atoms with Crippen LogP contribution < -0.4 is 4.74 Å². The average molecular weight is 335 g/mol. The van der Waals surface area contributed by atoms with E-state index < -0.39 is 29.5 Å². The molecule has 0 atom stereocenters. The summed E-state index contributed by atoms with van der Waals surface area (Å²) in [5.74, 6) is -0.591. The highest BCUT2D eigenvalue weighted by atomic mass is 19.4. The first-order valence-corrected chi connectivity index (χ1v) is 5.99. The molecule has 9 heteroatoms. The third-order valence-electron chi connectivity index (χ3n) is 2.76. The molecule has 2 aromatic rings. The highest BCUT2D eigenvalue weighted by molar-refractivity contribution is 5.88. The third kappa shape index (κ3) is 3.99. The van der Waals surface area contributed by atoms with E-state index in [9.17, 15) is 31.1 Å². The zero-order valence-electron chi connectivity index (χ0n) is 11.1. The summed E-state index contributed by atoms with van der Waals surface area (Å²) < 4.78 is 78.9. The fraction of sp³-hybridized carbons (Fsp3) is 0.143. The Morgan fingerprint density at radius 2 is 1.57 bits per heavy atom. The van der Waals surface area contributed by atoms with Gasteiger partial charge in [-0.05, 0) is 23.8 Å². The van der Waals surface area contributed by atoms with Gasteiger partial charge in [0.05, 0.1) is 0 Å². The Hall–Kier alpha value is -2.58. The molecule has 3 nitrogen and oxygen atoms in total. The third-order valence-corrected chi connectivity index (χ3v) is 2.76. The molecule has 0 unspecified atom stereocenters. The standard InChI is InChI=1S/C14H7F6NO2/c15-13(16,17)12-11(9(7-22)5-6-21-12)8-1-3-10(4-2-8)23-14(18,19)20/h1-7H. The van der Waals surface area contributed by atoms with Gasteiger partial charge in [-0.3, -0.25) is 9.78 Å². The van der Waals surface area contributed by atoms with E-state index in [-0.39, 0.29) is 17.4 Å². The van der Waals surface area contributed by atoms with Crippen molar-refractivity contribution >= 4 is 6.29 Å². The minimum Gasteiger partial charge on any atom is -0.406 e. The van der Waals surface area contributed by atoms with Crippen LogP contribution in [-0.4, -0.2) is 17.6 Å². The van der Waals surface area contributed by atoms with Crippen molar-refractivity contribution < 1.29 is 35.9 Å². The number of carbonyl (C=O) groups excluding carboxylic acids is 1. The number of ether oxygens (including phenoxy) is 1. The minimum atomic E-state index is -4.92. The second-order valence-electron chi connectivity index (χ2n) is 4.31. The Labute approximate surface area is 125 Å². The van der Waals surface area contributed by atoms with E-state index >= 15 is 0 Å². The molecule has 0 saturated carbocycles. The molecule has 122 valence electrons. The molecule has 0 aliphatic heterocycles. The van der Waals surface area contributed by atoms with Crippen LogP contribution in [0.2, 0.25) is 0 Å². The second-order valence-corrected chi connectivity index (χ2v) is 4.31. The first-order valence-electron chi connectivity index (χ1n) is 5.99. The molecule has 0 bridgehead atoms. The summed E-state index contributed by atoms with van der Waals surface area (Å²) in [6.07, 6.45) is -8.69. The molecule has 0 aliphatic rings. The van der Waals surface area contributed by atoms with Gasteiger partial charge in [0, 0.05) is 17.3 Å². The Morgan fingerprint density at radius 3 is 2.04 bits per heavy atom. The van der Waals surface area contributed by atoms with E-state index in [1.165, 1.54) is 0 Å². The van der Waals surface area contributed by atoms with Crippen molar-refractivity contribution in [2.24, 2.45) is 0 Å². The van der Waals surface area contributed by atoms with Gasteiger partial charge < -0.3 is 4.74 Å². The second kappa shape index (κ2) is 5.90. The van der Waals surface area contributed by atoms with Gasteiger partial charge in [0.1, 0.15) is 5.75 Å². The normalized spacial score (nSPS) is 12.1. The van der Waals surface area contributed by atoms with Gasteiger partial charge in [-0.2, -0.15) is 13.2 Å². The highest BCUT2D eigenvalue weighted by Gasteiger charge is 2.37. The van der Waals surface area contributed by atoms with Gasteiger partial charge in [-0.1, -0.05) is 12.1 Å². The molecule has 0 radical (unpaired) electrons. The van der Waals surface area contributed by atoms with Crippen LogP contribution in [-0.2, 0) is 6.18 Å². The van der Waals surface area contributed by atoms with Crippen LogP contribution in [0.1, 0.15) is 16.1 Å². The first kappa shape index (κ1) is 16.8. The number of carbonyl (C=O) groups is 1. The fourth-order valence-corrected chi connectivity index (χ4v) is 1.92. The molecular weight excluding hydrogens is 328 g/mol. The first-order chi connectivity index (χ1) is 10.6. The van der Waals surface area contributed by atoms with Crippen LogP contribution in [0.3, 0.4) is 0 Å². The highest BCUT2D eigenvalue weighted by Crippen LogP contribution is 2.37. The maximum absolute atomic E-state index is 13.0. The molecule has 23 heavy (non-hydrogen) atoms. The molecule has 0 N–H and O–H groups in total. The average Bonchev–Trinajstić information content (AvgIpc) is 2.44. The van der Waals surface area contributed by atoms with Crippen LogP contribution in [0.15, 0.2) is 36.5 Å². The number of benzene rings is 1. The van der Waals surface area contributed by atoms with E-state index in [0.717, 1.165) is 36.5 Å². The number of nitrogens with zero attached hydrogens (tertiary/aromatic N) is 1. The maximum Gasteiger partial charge on any atom is 0.573 e. The maximum atomic E-state index is 13.0. The lowest BCUT2D eigenvalue weighted by molar-refractivity contribution is -0.274. The van der Waals surface area contributed by atoms with Gasteiger partial charge in [0.25, 0.3) is 0 Å². The van der Waals surface area contributed by atoms with E-state index in [4.69, 9.17) is 0 Å². The molecule has 1 heterocycles. The zero-order chi connectivity index (χ0) is 17.3. The van der Waals surface area contributed by atoms with Gasteiger partial charge in [0.2, 0.25) is 0 Å².